The van der Waals surface area contributed by atoms with Crippen LogP contribution in [0.25, 0.3) is 0 Å². The molecular formula is C9H14F3NO3. The van der Waals surface area contributed by atoms with Gasteiger partial charge >= 0.3 is 12.1 Å². The van der Waals surface area contributed by atoms with Crippen LogP contribution in [-0.2, 0) is 9.59 Å². The van der Waals surface area contributed by atoms with Gasteiger partial charge in [-0.25, -0.2) is 0 Å². The summed E-state index contributed by atoms with van der Waals surface area (Å²) in [6, 6.07) is 0. The van der Waals surface area contributed by atoms with Gasteiger partial charge in [-0.15, -0.1) is 0 Å². The third-order valence-corrected chi connectivity index (χ3v) is 2.00. The highest BCUT2D eigenvalue weighted by Gasteiger charge is 2.33. The van der Waals surface area contributed by atoms with Crippen LogP contribution in [0.5, 0.6) is 0 Å². The van der Waals surface area contributed by atoms with E-state index in [2.05, 4.69) is 0 Å². The zero-order valence-electron chi connectivity index (χ0n) is 9.04. The van der Waals surface area contributed by atoms with Crippen LogP contribution in [0.1, 0.15) is 20.3 Å². The Labute approximate surface area is 91.0 Å². The number of carbonyl (C=O) groups excluding carboxylic acids is 1. The molecule has 1 unspecified atom stereocenters. The summed E-state index contributed by atoms with van der Waals surface area (Å²) in [5.41, 5.74) is 0. The van der Waals surface area contributed by atoms with Crippen LogP contribution in [0, 0.1) is 5.92 Å². The van der Waals surface area contributed by atoms with Crippen LogP contribution in [0.2, 0.25) is 0 Å². The van der Waals surface area contributed by atoms with E-state index in [1.807, 2.05) is 0 Å². The van der Waals surface area contributed by atoms with Crippen LogP contribution in [0.4, 0.5) is 13.2 Å². The van der Waals surface area contributed by atoms with Gasteiger partial charge in [-0.1, -0.05) is 6.92 Å². The van der Waals surface area contributed by atoms with Gasteiger partial charge in [0.15, 0.2) is 0 Å². The van der Waals surface area contributed by atoms with E-state index in [1.54, 1.807) is 0 Å². The van der Waals surface area contributed by atoms with Gasteiger partial charge in [0.1, 0.15) is 6.42 Å². The van der Waals surface area contributed by atoms with Crippen LogP contribution in [0.3, 0.4) is 0 Å². The summed E-state index contributed by atoms with van der Waals surface area (Å²) in [6.45, 7) is 2.70. The molecule has 0 aromatic heterocycles. The van der Waals surface area contributed by atoms with E-state index in [4.69, 9.17) is 5.11 Å². The second-order valence-corrected chi connectivity index (χ2v) is 3.46. The molecule has 0 bridgehead atoms. The molecule has 0 saturated carbocycles. The summed E-state index contributed by atoms with van der Waals surface area (Å²) >= 11 is 0. The SMILES string of the molecule is CCN(CC(C)C(=O)O)C(=O)CC(F)(F)F. The lowest BCUT2D eigenvalue weighted by Gasteiger charge is -2.23. The smallest absolute Gasteiger partial charge is 0.397 e. The first-order chi connectivity index (χ1) is 7.17. The molecule has 1 atom stereocenters. The predicted molar refractivity (Wildman–Crippen MR) is 49.7 cm³/mol. The summed E-state index contributed by atoms with van der Waals surface area (Å²) in [4.78, 5) is 22.6. The van der Waals surface area contributed by atoms with Crippen LogP contribution >= 0.6 is 0 Å². The van der Waals surface area contributed by atoms with E-state index in [0.717, 1.165) is 4.90 Å². The van der Waals surface area contributed by atoms with Crippen LogP contribution in [0.15, 0.2) is 0 Å². The molecule has 0 spiro atoms. The molecule has 7 heteroatoms. The molecule has 1 amide bonds. The minimum Gasteiger partial charge on any atom is -0.481 e. The number of rotatable bonds is 5. The highest BCUT2D eigenvalue weighted by atomic mass is 19.4. The maximum atomic E-state index is 11.9. The molecule has 94 valence electrons. The molecule has 0 aliphatic rings. The maximum Gasteiger partial charge on any atom is 0.397 e. The number of carboxylic acid groups (broad SMARTS) is 1. The largest absolute Gasteiger partial charge is 0.481 e. The number of aliphatic carboxylic acids is 1. The number of halogens is 3. The molecule has 4 nitrogen and oxygen atoms in total. The van der Waals surface area contributed by atoms with Gasteiger partial charge in [0.2, 0.25) is 5.91 Å². The molecule has 0 rings (SSSR count). The maximum absolute atomic E-state index is 11.9. The van der Waals surface area contributed by atoms with Gasteiger partial charge in [0.05, 0.1) is 5.92 Å². The summed E-state index contributed by atoms with van der Waals surface area (Å²) < 4.78 is 35.8. The lowest BCUT2D eigenvalue weighted by atomic mass is 10.1. The third kappa shape index (κ3) is 5.57. The molecule has 0 aromatic carbocycles. The van der Waals surface area contributed by atoms with Gasteiger partial charge in [-0.3, -0.25) is 9.59 Å². The zero-order valence-corrected chi connectivity index (χ0v) is 9.04. The summed E-state index contributed by atoms with van der Waals surface area (Å²) in [5, 5.41) is 8.58. The summed E-state index contributed by atoms with van der Waals surface area (Å²) in [5.74, 6) is -3.11. The van der Waals surface area contributed by atoms with Gasteiger partial charge in [0.25, 0.3) is 0 Å². The van der Waals surface area contributed by atoms with E-state index in [-0.39, 0.29) is 13.1 Å². The minimum absolute atomic E-state index is 0.0620. The Hall–Kier alpha value is -1.27. The second kappa shape index (κ2) is 5.72. The van der Waals surface area contributed by atoms with Gasteiger partial charge in [-0.05, 0) is 6.92 Å². The quantitative estimate of drug-likeness (QED) is 0.793. The number of nitrogens with zero attached hydrogens (tertiary/aromatic N) is 1. The van der Waals surface area contributed by atoms with Crippen molar-refractivity contribution in [1.29, 1.82) is 0 Å². The Kier molecular flexibility index (Phi) is 5.26. The van der Waals surface area contributed by atoms with Crippen molar-refractivity contribution in [1.82, 2.24) is 4.90 Å². The van der Waals surface area contributed by atoms with E-state index in [9.17, 15) is 22.8 Å². The minimum atomic E-state index is -4.56. The molecular weight excluding hydrogens is 227 g/mol. The average molecular weight is 241 g/mol. The number of hydrogen-bond donors (Lipinski definition) is 1. The molecule has 0 radical (unpaired) electrons. The highest BCUT2D eigenvalue weighted by Crippen LogP contribution is 2.20. The summed E-state index contributed by atoms with van der Waals surface area (Å²) in [7, 11) is 0. The second-order valence-electron chi connectivity index (χ2n) is 3.46. The predicted octanol–water partition coefficient (Wildman–Crippen LogP) is 1.51. The Morgan fingerprint density at radius 1 is 1.38 bits per heavy atom. The Bertz CT molecular complexity index is 265. The monoisotopic (exact) mass is 241 g/mol. The molecule has 0 fully saturated rings. The number of carboxylic acids is 1. The number of carbonyl (C=O) groups is 2. The fraction of sp³-hybridized carbons (Fsp3) is 0.778. The van der Waals surface area contributed by atoms with Crippen molar-refractivity contribution in [3.05, 3.63) is 0 Å². The zero-order chi connectivity index (χ0) is 12.9. The Morgan fingerprint density at radius 3 is 2.19 bits per heavy atom. The molecule has 0 heterocycles. The normalized spacial score (nSPS) is 13.3. The summed E-state index contributed by atoms with van der Waals surface area (Å²) in [6.07, 6.45) is -6.11. The van der Waals surface area contributed by atoms with Crippen molar-refractivity contribution in [3.63, 3.8) is 0 Å². The highest BCUT2D eigenvalue weighted by molar-refractivity contribution is 5.78. The van der Waals surface area contributed by atoms with Gasteiger partial charge < -0.3 is 10.0 Å². The fourth-order valence-corrected chi connectivity index (χ4v) is 1.10. The fourth-order valence-electron chi connectivity index (χ4n) is 1.10. The Morgan fingerprint density at radius 2 is 1.88 bits per heavy atom. The van der Waals surface area contributed by atoms with E-state index in [0.29, 0.717) is 0 Å². The van der Waals surface area contributed by atoms with Crippen LogP contribution in [-0.4, -0.2) is 41.1 Å². The molecule has 0 aromatic rings. The average Bonchev–Trinajstić information content (AvgIpc) is 2.10. The van der Waals surface area contributed by atoms with Crippen molar-refractivity contribution < 1.29 is 27.9 Å². The first kappa shape index (κ1) is 14.7. The van der Waals surface area contributed by atoms with E-state index >= 15 is 0 Å². The van der Waals surface area contributed by atoms with Crippen molar-refractivity contribution in [2.45, 2.75) is 26.4 Å². The first-order valence-electron chi connectivity index (χ1n) is 4.74. The van der Waals surface area contributed by atoms with Crippen LogP contribution < -0.4 is 0 Å². The van der Waals surface area contributed by atoms with Crippen molar-refractivity contribution >= 4 is 11.9 Å². The lowest BCUT2D eigenvalue weighted by Crippen LogP contribution is -2.38. The molecule has 0 aliphatic carbocycles. The Balaban J connectivity index is 4.39. The molecule has 1 N–H and O–H groups in total. The topological polar surface area (TPSA) is 57.6 Å². The number of amides is 1. The number of alkyl halides is 3. The van der Waals surface area contributed by atoms with E-state index in [1.165, 1.54) is 13.8 Å². The molecule has 0 aliphatic heterocycles. The molecule has 16 heavy (non-hydrogen) atoms. The first-order valence-corrected chi connectivity index (χ1v) is 4.74. The molecule has 0 saturated heterocycles. The van der Waals surface area contributed by atoms with Crippen molar-refractivity contribution in [3.8, 4) is 0 Å². The van der Waals surface area contributed by atoms with Crippen molar-refractivity contribution in [2.24, 2.45) is 5.92 Å². The third-order valence-electron chi connectivity index (χ3n) is 2.00. The van der Waals surface area contributed by atoms with Gasteiger partial charge in [-0.2, -0.15) is 13.2 Å². The lowest BCUT2D eigenvalue weighted by molar-refractivity contribution is -0.162. The number of hydrogen-bond acceptors (Lipinski definition) is 2. The van der Waals surface area contributed by atoms with Gasteiger partial charge in [0, 0.05) is 13.1 Å². The van der Waals surface area contributed by atoms with E-state index < -0.39 is 30.4 Å². The van der Waals surface area contributed by atoms with Crippen molar-refractivity contribution in [2.75, 3.05) is 13.1 Å². The standard InChI is InChI=1S/C9H14F3NO3/c1-3-13(5-6(2)8(15)16)7(14)4-9(10,11)12/h6H,3-5H2,1-2H3,(H,15,16).